The molecule has 2 aliphatic rings. The summed E-state index contributed by atoms with van der Waals surface area (Å²) < 4.78 is 0. The van der Waals surface area contributed by atoms with Gasteiger partial charge in [-0.25, -0.2) is 0 Å². The van der Waals surface area contributed by atoms with Gasteiger partial charge in [0.1, 0.15) is 0 Å². The minimum Gasteiger partial charge on any atom is -0.381 e. The second kappa shape index (κ2) is 9.61. The number of hydrogen-bond acceptors (Lipinski definition) is 2. The van der Waals surface area contributed by atoms with Crippen molar-refractivity contribution in [3.63, 3.8) is 0 Å². The first-order valence-electron chi connectivity index (χ1n) is 12.2. The summed E-state index contributed by atoms with van der Waals surface area (Å²) in [5.41, 5.74) is 11.5. The molecule has 2 nitrogen and oxygen atoms in total. The minimum absolute atomic E-state index is 0.109. The Morgan fingerprint density at radius 2 is 1.71 bits per heavy atom. The van der Waals surface area contributed by atoms with Crippen molar-refractivity contribution in [2.75, 3.05) is 11.4 Å². The van der Waals surface area contributed by atoms with E-state index in [4.69, 9.17) is 0 Å². The maximum absolute atomic E-state index is 3.55. The largest absolute Gasteiger partial charge is 0.381 e. The molecule has 2 heteroatoms. The van der Waals surface area contributed by atoms with Crippen LogP contribution in [0.2, 0.25) is 0 Å². The van der Waals surface area contributed by atoms with Gasteiger partial charge >= 0.3 is 0 Å². The lowest BCUT2D eigenvalue weighted by atomic mass is 9.90. The highest BCUT2D eigenvalue weighted by molar-refractivity contribution is 5.83. The van der Waals surface area contributed by atoms with Gasteiger partial charge in [0.15, 0.2) is 0 Å². The first kappa shape index (κ1) is 22.0. The lowest BCUT2D eigenvalue weighted by molar-refractivity contribution is 0.819. The molecule has 1 N–H and O–H groups in total. The molecule has 0 radical (unpaired) electrons. The zero-order valence-electron chi connectivity index (χ0n) is 20.3. The van der Waals surface area contributed by atoms with Crippen LogP contribution in [0, 0.1) is 13.8 Å². The third kappa shape index (κ3) is 4.36. The van der Waals surface area contributed by atoms with Crippen LogP contribution in [0.1, 0.15) is 46.3 Å². The lowest BCUT2D eigenvalue weighted by Gasteiger charge is -2.35. The van der Waals surface area contributed by atoms with E-state index in [1.807, 2.05) is 0 Å². The number of para-hydroxylation sites is 1. The minimum atomic E-state index is 0.109. The number of benzene rings is 3. The topological polar surface area (TPSA) is 15.3 Å². The van der Waals surface area contributed by atoms with E-state index in [0.717, 1.165) is 18.7 Å². The first-order valence-corrected chi connectivity index (χ1v) is 12.2. The van der Waals surface area contributed by atoms with Crippen LogP contribution in [0.15, 0.2) is 103 Å². The number of aryl methyl sites for hydroxylation is 3. The van der Waals surface area contributed by atoms with Gasteiger partial charge in [-0.3, -0.25) is 0 Å². The van der Waals surface area contributed by atoms with Crippen molar-refractivity contribution in [2.45, 2.75) is 33.2 Å². The summed E-state index contributed by atoms with van der Waals surface area (Å²) in [6, 6.07) is 24.5. The number of rotatable bonds is 5. The van der Waals surface area contributed by atoms with Gasteiger partial charge in [-0.05, 0) is 66.8 Å². The number of dihydropyridines is 1. The number of allylic oxidation sites excluding steroid dienone is 4. The molecule has 0 amide bonds. The van der Waals surface area contributed by atoms with Crippen LogP contribution in [-0.4, -0.2) is 6.54 Å². The van der Waals surface area contributed by atoms with E-state index in [2.05, 4.69) is 134 Å². The Kier molecular flexibility index (Phi) is 6.22. The Bertz CT molecular complexity index is 1300. The van der Waals surface area contributed by atoms with Crippen molar-refractivity contribution < 1.29 is 0 Å². The Labute approximate surface area is 203 Å². The summed E-state index contributed by atoms with van der Waals surface area (Å²) >= 11 is 0. The number of hydrogen-bond donors (Lipinski definition) is 1. The van der Waals surface area contributed by atoms with Crippen molar-refractivity contribution in [2.24, 2.45) is 0 Å². The molecule has 1 unspecified atom stereocenters. The summed E-state index contributed by atoms with van der Waals surface area (Å²) in [5, 5.41) is 3.55. The molecule has 1 atom stereocenters. The molecule has 5 rings (SSSR count). The monoisotopic (exact) mass is 444 g/mol. The van der Waals surface area contributed by atoms with Gasteiger partial charge in [0, 0.05) is 24.0 Å². The van der Waals surface area contributed by atoms with E-state index >= 15 is 0 Å². The zero-order valence-corrected chi connectivity index (χ0v) is 20.3. The molecule has 0 saturated heterocycles. The van der Waals surface area contributed by atoms with Crippen molar-refractivity contribution in [1.29, 1.82) is 0 Å². The second-order valence-electron chi connectivity index (χ2n) is 9.13. The molecular formula is C32H32N2. The van der Waals surface area contributed by atoms with Gasteiger partial charge < -0.3 is 10.2 Å². The van der Waals surface area contributed by atoms with Gasteiger partial charge in [0.25, 0.3) is 0 Å². The number of nitrogens with zero attached hydrogens (tertiary/aromatic N) is 1. The van der Waals surface area contributed by atoms with Crippen LogP contribution in [0.25, 0.3) is 11.3 Å². The van der Waals surface area contributed by atoms with Gasteiger partial charge in [-0.1, -0.05) is 90.9 Å². The molecule has 0 bridgehead atoms. The van der Waals surface area contributed by atoms with E-state index in [1.165, 1.54) is 44.6 Å². The normalized spacial score (nSPS) is 17.3. The average molecular weight is 445 g/mol. The van der Waals surface area contributed by atoms with Crippen LogP contribution in [0.3, 0.4) is 0 Å². The van der Waals surface area contributed by atoms with Crippen LogP contribution in [-0.2, 0) is 6.42 Å². The third-order valence-electron chi connectivity index (χ3n) is 6.64. The summed E-state index contributed by atoms with van der Waals surface area (Å²) in [7, 11) is 0. The maximum atomic E-state index is 3.55. The highest BCUT2D eigenvalue weighted by atomic mass is 15.2. The molecule has 3 aromatic carbocycles. The standard InChI is InChI=1S/C32H32N2/c1-4-25-11-5-6-12-28(25)32-22-26(27-20-23(2)19-24(3)21-27)16-18-34(32)31-15-8-7-13-29(31)30-14-9-10-17-33-30/h5-16,18-22,32-33H,4,17H2,1-3H3. The predicted octanol–water partition coefficient (Wildman–Crippen LogP) is 7.52. The fourth-order valence-corrected chi connectivity index (χ4v) is 5.08. The summed E-state index contributed by atoms with van der Waals surface area (Å²) in [4.78, 5) is 2.43. The molecule has 3 aromatic rings. The highest BCUT2D eigenvalue weighted by Gasteiger charge is 2.25. The summed E-state index contributed by atoms with van der Waals surface area (Å²) in [5.74, 6) is 0. The quantitative estimate of drug-likeness (QED) is 0.438. The van der Waals surface area contributed by atoms with Gasteiger partial charge in [0.2, 0.25) is 0 Å². The fraction of sp³-hybridized carbons (Fsp3) is 0.188. The average Bonchev–Trinajstić information content (AvgIpc) is 2.88. The van der Waals surface area contributed by atoms with Gasteiger partial charge in [-0.15, -0.1) is 0 Å². The third-order valence-corrected chi connectivity index (χ3v) is 6.64. The molecular weight excluding hydrogens is 412 g/mol. The molecule has 0 aromatic heterocycles. The summed E-state index contributed by atoms with van der Waals surface area (Å²) in [6.07, 6.45) is 14.4. The molecule has 0 saturated carbocycles. The van der Waals surface area contributed by atoms with E-state index in [9.17, 15) is 0 Å². The van der Waals surface area contributed by atoms with E-state index in [0.29, 0.717) is 0 Å². The van der Waals surface area contributed by atoms with Crippen LogP contribution in [0.4, 0.5) is 5.69 Å². The van der Waals surface area contributed by atoms with E-state index < -0.39 is 0 Å². The molecule has 170 valence electrons. The Morgan fingerprint density at radius 3 is 2.47 bits per heavy atom. The van der Waals surface area contributed by atoms with Gasteiger partial charge in [-0.2, -0.15) is 0 Å². The van der Waals surface area contributed by atoms with Crippen molar-refractivity contribution in [1.82, 2.24) is 5.32 Å². The molecule has 2 aliphatic heterocycles. The first-order chi connectivity index (χ1) is 16.6. The smallest absolute Gasteiger partial charge is 0.0781 e. The maximum Gasteiger partial charge on any atom is 0.0781 e. The summed E-state index contributed by atoms with van der Waals surface area (Å²) in [6.45, 7) is 7.45. The Hall–Kier alpha value is -3.78. The lowest BCUT2D eigenvalue weighted by Crippen LogP contribution is -2.27. The predicted molar refractivity (Wildman–Crippen MR) is 146 cm³/mol. The second-order valence-corrected chi connectivity index (χ2v) is 9.13. The Morgan fingerprint density at radius 1 is 0.941 bits per heavy atom. The van der Waals surface area contributed by atoms with Crippen molar-refractivity contribution >= 4 is 17.0 Å². The SMILES string of the molecule is CCc1ccccc1C1C=C(c2cc(C)cc(C)c2)C=CN1c1ccccc1C1=CC=CCN1. The van der Waals surface area contributed by atoms with Crippen LogP contribution in [0.5, 0.6) is 0 Å². The Balaban J connectivity index is 1.65. The number of anilines is 1. The van der Waals surface area contributed by atoms with Crippen LogP contribution >= 0.6 is 0 Å². The van der Waals surface area contributed by atoms with Crippen molar-refractivity contribution in [3.8, 4) is 0 Å². The molecule has 2 heterocycles. The van der Waals surface area contributed by atoms with Crippen LogP contribution < -0.4 is 10.2 Å². The zero-order chi connectivity index (χ0) is 23.5. The van der Waals surface area contributed by atoms with Gasteiger partial charge in [0.05, 0.1) is 11.7 Å². The molecule has 34 heavy (non-hydrogen) atoms. The van der Waals surface area contributed by atoms with Crippen molar-refractivity contribution in [3.05, 3.63) is 137 Å². The fourth-order valence-electron chi connectivity index (χ4n) is 5.08. The number of nitrogens with one attached hydrogen (secondary N) is 1. The highest BCUT2D eigenvalue weighted by Crippen LogP contribution is 2.40. The molecule has 0 aliphatic carbocycles. The van der Waals surface area contributed by atoms with E-state index in [1.54, 1.807) is 0 Å². The van der Waals surface area contributed by atoms with E-state index in [-0.39, 0.29) is 6.04 Å². The molecule has 0 spiro atoms. The molecule has 0 fully saturated rings.